The number of carbonyl (C=O) groups excluding carboxylic acids is 1. The molecule has 0 saturated carbocycles. The van der Waals surface area contributed by atoms with E-state index in [0.29, 0.717) is 6.61 Å². The zero-order valence-electron chi connectivity index (χ0n) is 10.4. The summed E-state index contributed by atoms with van der Waals surface area (Å²) in [6.45, 7) is 4.32. The summed E-state index contributed by atoms with van der Waals surface area (Å²) < 4.78 is 4.75. The van der Waals surface area contributed by atoms with Crippen molar-refractivity contribution in [2.24, 2.45) is 0 Å². The second-order valence-electron chi connectivity index (χ2n) is 3.88. The summed E-state index contributed by atoms with van der Waals surface area (Å²) in [7, 11) is 0. The summed E-state index contributed by atoms with van der Waals surface area (Å²) in [6, 6.07) is 0. The molecule has 0 spiro atoms. The molecule has 3 nitrogen and oxygen atoms in total. The zero-order chi connectivity index (χ0) is 12.2. The maximum atomic E-state index is 10.9. The smallest absolute Gasteiger partial charge is 0.330 e. The van der Waals surface area contributed by atoms with Crippen LogP contribution in [0.5, 0.6) is 0 Å². The third-order valence-corrected chi connectivity index (χ3v) is 2.34. The fourth-order valence-corrected chi connectivity index (χ4v) is 1.43. The third kappa shape index (κ3) is 9.71. The highest BCUT2D eigenvalue weighted by Crippen LogP contribution is 2.08. The fraction of sp³-hybridized carbons (Fsp3) is 0.769. The number of hydrogen-bond donors (Lipinski definition) is 1. The van der Waals surface area contributed by atoms with Gasteiger partial charge in [-0.3, -0.25) is 0 Å². The van der Waals surface area contributed by atoms with Crippen LogP contribution in [0.3, 0.4) is 0 Å². The van der Waals surface area contributed by atoms with Crippen LogP contribution in [-0.2, 0) is 9.53 Å². The van der Waals surface area contributed by atoms with Gasteiger partial charge in [0.25, 0.3) is 0 Å². The SMILES string of the molecule is CCCC[C@H](O)CCC/C=C/C(=O)OCC. The van der Waals surface area contributed by atoms with E-state index in [-0.39, 0.29) is 12.1 Å². The first-order valence-corrected chi connectivity index (χ1v) is 6.22. The van der Waals surface area contributed by atoms with Gasteiger partial charge in [0.1, 0.15) is 0 Å². The van der Waals surface area contributed by atoms with E-state index in [2.05, 4.69) is 6.92 Å². The minimum atomic E-state index is -0.283. The van der Waals surface area contributed by atoms with Crippen LogP contribution in [0.2, 0.25) is 0 Å². The van der Waals surface area contributed by atoms with Gasteiger partial charge in [0.05, 0.1) is 12.7 Å². The van der Waals surface area contributed by atoms with Crippen LogP contribution >= 0.6 is 0 Å². The van der Waals surface area contributed by atoms with Gasteiger partial charge in [-0.05, 0) is 32.6 Å². The summed E-state index contributed by atoms with van der Waals surface area (Å²) in [5.74, 6) is -0.283. The molecule has 0 fully saturated rings. The molecule has 0 aliphatic rings. The van der Waals surface area contributed by atoms with Gasteiger partial charge in [-0.2, -0.15) is 0 Å². The molecule has 16 heavy (non-hydrogen) atoms. The Kier molecular flexibility index (Phi) is 10.1. The Labute approximate surface area is 98.5 Å². The molecule has 3 heteroatoms. The molecule has 0 heterocycles. The second kappa shape index (κ2) is 10.7. The van der Waals surface area contributed by atoms with E-state index in [1.54, 1.807) is 6.92 Å². The van der Waals surface area contributed by atoms with Gasteiger partial charge in [0.15, 0.2) is 0 Å². The first-order valence-electron chi connectivity index (χ1n) is 6.22. The lowest BCUT2D eigenvalue weighted by Gasteiger charge is -2.07. The van der Waals surface area contributed by atoms with E-state index in [9.17, 15) is 9.90 Å². The Bertz CT molecular complexity index is 199. The number of unbranched alkanes of at least 4 members (excludes halogenated alkanes) is 2. The van der Waals surface area contributed by atoms with E-state index in [1.807, 2.05) is 6.08 Å². The van der Waals surface area contributed by atoms with Gasteiger partial charge in [0.2, 0.25) is 0 Å². The van der Waals surface area contributed by atoms with Crippen LogP contribution in [0.4, 0.5) is 0 Å². The number of esters is 1. The molecular formula is C13H24O3. The monoisotopic (exact) mass is 228 g/mol. The van der Waals surface area contributed by atoms with Crippen molar-refractivity contribution in [3.05, 3.63) is 12.2 Å². The zero-order valence-corrected chi connectivity index (χ0v) is 10.4. The molecule has 94 valence electrons. The van der Waals surface area contributed by atoms with Gasteiger partial charge < -0.3 is 9.84 Å². The van der Waals surface area contributed by atoms with Crippen LogP contribution in [0.15, 0.2) is 12.2 Å². The van der Waals surface area contributed by atoms with Crippen LogP contribution in [0.25, 0.3) is 0 Å². The number of aliphatic hydroxyl groups is 1. The van der Waals surface area contributed by atoms with Crippen molar-refractivity contribution in [2.45, 2.75) is 58.5 Å². The lowest BCUT2D eigenvalue weighted by atomic mass is 10.1. The van der Waals surface area contributed by atoms with Crippen molar-refractivity contribution >= 4 is 5.97 Å². The van der Waals surface area contributed by atoms with E-state index < -0.39 is 0 Å². The maximum absolute atomic E-state index is 10.9. The number of carbonyl (C=O) groups is 1. The Morgan fingerprint density at radius 2 is 2.00 bits per heavy atom. The Morgan fingerprint density at radius 3 is 2.62 bits per heavy atom. The van der Waals surface area contributed by atoms with Crippen molar-refractivity contribution in [3.63, 3.8) is 0 Å². The molecule has 0 radical (unpaired) electrons. The van der Waals surface area contributed by atoms with Crippen molar-refractivity contribution < 1.29 is 14.6 Å². The van der Waals surface area contributed by atoms with Crippen LogP contribution in [0, 0.1) is 0 Å². The average Bonchev–Trinajstić information content (AvgIpc) is 2.26. The lowest BCUT2D eigenvalue weighted by molar-refractivity contribution is -0.137. The van der Waals surface area contributed by atoms with Crippen LogP contribution in [-0.4, -0.2) is 23.8 Å². The minimum absolute atomic E-state index is 0.184. The molecule has 0 aromatic heterocycles. The quantitative estimate of drug-likeness (QED) is 0.375. The number of ether oxygens (including phenoxy) is 1. The first kappa shape index (κ1) is 15.2. The summed E-state index contributed by atoms with van der Waals surface area (Å²) in [4.78, 5) is 10.9. The normalized spacial score (nSPS) is 12.9. The molecule has 1 atom stereocenters. The predicted octanol–water partition coefficient (Wildman–Crippen LogP) is 2.83. The number of rotatable bonds is 9. The maximum Gasteiger partial charge on any atom is 0.330 e. The van der Waals surface area contributed by atoms with Gasteiger partial charge in [0, 0.05) is 6.08 Å². The molecule has 0 unspecified atom stereocenters. The molecule has 0 aliphatic carbocycles. The van der Waals surface area contributed by atoms with E-state index >= 15 is 0 Å². The molecule has 0 saturated heterocycles. The topological polar surface area (TPSA) is 46.5 Å². The molecule has 0 aromatic carbocycles. The standard InChI is InChI=1S/C13H24O3/c1-3-5-9-12(14)10-7-6-8-11-13(15)16-4-2/h8,11-12,14H,3-7,9-10H2,1-2H3/b11-8+/t12-/m0/s1. The Morgan fingerprint density at radius 1 is 1.31 bits per heavy atom. The third-order valence-electron chi connectivity index (χ3n) is 2.34. The van der Waals surface area contributed by atoms with Crippen LogP contribution in [0.1, 0.15) is 52.4 Å². The van der Waals surface area contributed by atoms with E-state index in [4.69, 9.17) is 4.74 Å². The number of allylic oxidation sites excluding steroid dienone is 1. The first-order chi connectivity index (χ1) is 7.70. The molecule has 0 bridgehead atoms. The molecule has 1 N–H and O–H groups in total. The van der Waals surface area contributed by atoms with Gasteiger partial charge >= 0.3 is 5.97 Å². The molecule has 0 aliphatic heterocycles. The summed E-state index contributed by atoms with van der Waals surface area (Å²) in [6.07, 6.45) is 8.73. The molecule has 0 amide bonds. The van der Waals surface area contributed by atoms with Gasteiger partial charge in [-0.25, -0.2) is 4.79 Å². The summed E-state index contributed by atoms with van der Waals surface area (Å²) >= 11 is 0. The second-order valence-corrected chi connectivity index (χ2v) is 3.88. The van der Waals surface area contributed by atoms with Gasteiger partial charge in [-0.15, -0.1) is 0 Å². The van der Waals surface area contributed by atoms with Crippen molar-refractivity contribution in [1.82, 2.24) is 0 Å². The minimum Gasteiger partial charge on any atom is -0.463 e. The van der Waals surface area contributed by atoms with E-state index in [1.165, 1.54) is 6.08 Å². The number of hydrogen-bond acceptors (Lipinski definition) is 3. The van der Waals surface area contributed by atoms with Gasteiger partial charge in [-0.1, -0.05) is 25.8 Å². The lowest BCUT2D eigenvalue weighted by Crippen LogP contribution is -2.05. The summed E-state index contributed by atoms with van der Waals surface area (Å²) in [5.41, 5.74) is 0. The molecule has 0 rings (SSSR count). The van der Waals surface area contributed by atoms with Crippen LogP contribution < -0.4 is 0 Å². The highest BCUT2D eigenvalue weighted by atomic mass is 16.5. The van der Waals surface area contributed by atoms with Crippen molar-refractivity contribution in [2.75, 3.05) is 6.61 Å². The van der Waals surface area contributed by atoms with E-state index in [0.717, 1.165) is 38.5 Å². The Balaban J connectivity index is 3.41. The molecule has 0 aromatic rings. The Hall–Kier alpha value is -0.830. The van der Waals surface area contributed by atoms with Crippen molar-refractivity contribution in [3.8, 4) is 0 Å². The largest absolute Gasteiger partial charge is 0.463 e. The highest BCUT2D eigenvalue weighted by molar-refractivity contribution is 5.81. The fourth-order valence-electron chi connectivity index (χ4n) is 1.43. The van der Waals surface area contributed by atoms with Crippen molar-refractivity contribution in [1.29, 1.82) is 0 Å². The number of aliphatic hydroxyl groups excluding tert-OH is 1. The molecular weight excluding hydrogens is 204 g/mol. The highest BCUT2D eigenvalue weighted by Gasteiger charge is 2.01. The summed E-state index contributed by atoms with van der Waals surface area (Å²) in [5, 5.41) is 9.56. The average molecular weight is 228 g/mol. The predicted molar refractivity (Wildman–Crippen MR) is 65.2 cm³/mol.